The van der Waals surface area contributed by atoms with E-state index < -0.39 is 0 Å². The SMILES string of the molecule is CCC(CCOC)CC(C)C. The summed E-state index contributed by atoms with van der Waals surface area (Å²) in [6.45, 7) is 7.76. The molecule has 0 heterocycles. The van der Waals surface area contributed by atoms with Crippen LogP contribution < -0.4 is 0 Å². The first-order chi connectivity index (χ1) is 5.20. The van der Waals surface area contributed by atoms with Crippen molar-refractivity contribution in [3.63, 3.8) is 0 Å². The molecule has 0 aromatic rings. The maximum absolute atomic E-state index is 5.06. The zero-order valence-electron chi connectivity index (χ0n) is 8.39. The molecule has 0 spiro atoms. The van der Waals surface area contributed by atoms with Crippen molar-refractivity contribution in [3.8, 4) is 0 Å². The summed E-state index contributed by atoms with van der Waals surface area (Å²) < 4.78 is 5.06. The maximum Gasteiger partial charge on any atom is 0.0464 e. The number of methoxy groups -OCH3 is 1. The minimum absolute atomic E-state index is 0.830. The Kier molecular flexibility index (Phi) is 6.63. The zero-order valence-corrected chi connectivity index (χ0v) is 8.39. The first kappa shape index (κ1) is 11.0. The lowest BCUT2D eigenvalue weighted by Crippen LogP contribution is -2.06. The molecule has 68 valence electrons. The average Bonchev–Trinajstić information content (AvgIpc) is 1.97. The Hall–Kier alpha value is -0.0400. The predicted octanol–water partition coefficient (Wildman–Crippen LogP) is 3.10. The standard InChI is InChI=1S/C10H22O/c1-5-10(6-7-11-4)8-9(2)3/h9-10H,5-8H2,1-4H3. The quantitative estimate of drug-likeness (QED) is 0.577. The molecule has 0 radical (unpaired) electrons. The number of rotatable bonds is 6. The second-order valence-corrected chi connectivity index (χ2v) is 3.69. The predicted molar refractivity (Wildman–Crippen MR) is 49.7 cm³/mol. The van der Waals surface area contributed by atoms with E-state index in [1.54, 1.807) is 7.11 Å². The lowest BCUT2D eigenvalue weighted by atomic mass is 9.92. The lowest BCUT2D eigenvalue weighted by Gasteiger charge is -2.16. The van der Waals surface area contributed by atoms with Crippen molar-refractivity contribution in [2.45, 2.75) is 40.0 Å². The first-order valence-corrected chi connectivity index (χ1v) is 4.69. The molecule has 0 saturated carbocycles. The van der Waals surface area contributed by atoms with Crippen molar-refractivity contribution in [1.82, 2.24) is 0 Å². The topological polar surface area (TPSA) is 9.23 Å². The molecule has 1 heteroatoms. The van der Waals surface area contributed by atoms with Crippen molar-refractivity contribution in [2.24, 2.45) is 11.8 Å². The lowest BCUT2D eigenvalue weighted by molar-refractivity contribution is 0.170. The van der Waals surface area contributed by atoms with Crippen LogP contribution in [0.15, 0.2) is 0 Å². The molecule has 0 aromatic heterocycles. The van der Waals surface area contributed by atoms with Crippen LogP contribution in [-0.4, -0.2) is 13.7 Å². The summed E-state index contributed by atoms with van der Waals surface area (Å²) in [6, 6.07) is 0. The highest BCUT2D eigenvalue weighted by Crippen LogP contribution is 2.18. The van der Waals surface area contributed by atoms with Gasteiger partial charge in [0.1, 0.15) is 0 Å². The Morgan fingerprint density at radius 3 is 2.27 bits per heavy atom. The molecule has 0 aliphatic rings. The molecule has 0 fully saturated rings. The second kappa shape index (κ2) is 6.66. The van der Waals surface area contributed by atoms with E-state index in [4.69, 9.17) is 4.74 Å². The van der Waals surface area contributed by atoms with Gasteiger partial charge < -0.3 is 4.74 Å². The van der Waals surface area contributed by atoms with E-state index in [9.17, 15) is 0 Å². The molecular weight excluding hydrogens is 136 g/mol. The van der Waals surface area contributed by atoms with Gasteiger partial charge in [-0.05, 0) is 24.7 Å². The van der Waals surface area contributed by atoms with Gasteiger partial charge in [-0.1, -0.05) is 27.2 Å². The van der Waals surface area contributed by atoms with Crippen LogP contribution in [0.5, 0.6) is 0 Å². The van der Waals surface area contributed by atoms with E-state index in [0.29, 0.717) is 0 Å². The van der Waals surface area contributed by atoms with Gasteiger partial charge in [-0.3, -0.25) is 0 Å². The fourth-order valence-corrected chi connectivity index (χ4v) is 1.44. The Bertz CT molecular complexity index is 78.9. The molecule has 11 heavy (non-hydrogen) atoms. The van der Waals surface area contributed by atoms with E-state index in [2.05, 4.69) is 20.8 Å². The summed E-state index contributed by atoms with van der Waals surface area (Å²) >= 11 is 0. The van der Waals surface area contributed by atoms with Crippen LogP contribution in [0.2, 0.25) is 0 Å². The van der Waals surface area contributed by atoms with Crippen LogP contribution in [0.3, 0.4) is 0 Å². The summed E-state index contributed by atoms with van der Waals surface area (Å²) in [7, 11) is 1.78. The van der Waals surface area contributed by atoms with Gasteiger partial charge in [0.25, 0.3) is 0 Å². The van der Waals surface area contributed by atoms with Crippen molar-refractivity contribution in [2.75, 3.05) is 13.7 Å². The number of hydrogen-bond donors (Lipinski definition) is 0. The highest BCUT2D eigenvalue weighted by atomic mass is 16.5. The van der Waals surface area contributed by atoms with Crippen LogP contribution in [0.4, 0.5) is 0 Å². The van der Waals surface area contributed by atoms with Crippen LogP contribution in [0.25, 0.3) is 0 Å². The molecule has 0 bridgehead atoms. The summed E-state index contributed by atoms with van der Waals surface area (Å²) in [5.74, 6) is 1.70. The highest BCUT2D eigenvalue weighted by molar-refractivity contribution is 4.59. The maximum atomic E-state index is 5.06. The Balaban J connectivity index is 3.41. The molecule has 0 aliphatic carbocycles. The molecule has 1 nitrogen and oxygen atoms in total. The second-order valence-electron chi connectivity index (χ2n) is 3.69. The van der Waals surface area contributed by atoms with Gasteiger partial charge in [0.15, 0.2) is 0 Å². The van der Waals surface area contributed by atoms with Crippen molar-refractivity contribution < 1.29 is 4.74 Å². The minimum Gasteiger partial charge on any atom is -0.385 e. The fourth-order valence-electron chi connectivity index (χ4n) is 1.44. The third kappa shape index (κ3) is 6.36. The molecule has 0 rings (SSSR count). The van der Waals surface area contributed by atoms with Gasteiger partial charge in [-0.15, -0.1) is 0 Å². The Labute approximate surface area is 71.1 Å². The smallest absolute Gasteiger partial charge is 0.0464 e. The molecule has 1 atom stereocenters. The molecule has 0 aromatic carbocycles. The summed E-state index contributed by atoms with van der Waals surface area (Å²) in [5.41, 5.74) is 0. The third-order valence-corrected chi connectivity index (χ3v) is 2.11. The van der Waals surface area contributed by atoms with Crippen LogP contribution in [0, 0.1) is 11.8 Å². The normalized spacial score (nSPS) is 13.9. The Morgan fingerprint density at radius 2 is 1.91 bits per heavy atom. The van der Waals surface area contributed by atoms with E-state index in [0.717, 1.165) is 18.4 Å². The number of ether oxygens (including phenoxy) is 1. The van der Waals surface area contributed by atoms with E-state index in [1.165, 1.54) is 19.3 Å². The Morgan fingerprint density at radius 1 is 1.27 bits per heavy atom. The summed E-state index contributed by atoms with van der Waals surface area (Å²) in [5, 5.41) is 0. The van der Waals surface area contributed by atoms with E-state index in [-0.39, 0.29) is 0 Å². The third-order valence-electron chi connectivity index (χ3n) is 2.11. The van der Waals surface area contributed by atoms with Crippen LogP contribution in [-0.2, 0) is 4.74 Å². The summed E-state index contributed by atoms with van der Waals surface area (Å²) in [6.07, 6.45) is 3.87. The van der Waals surface area contributed by atoms with Crippen LogP contribution >= 0.6 is 0 Å². The molecular formula is C10H22O. The fraction of sp³-hybridized carbons (Fsp3) is 1.00. The molecule has 0 saturated heterocycles. The monoisotopic (exact) mass is 158 g/mol. The zero-order chi connectivity index (χ0) is 8.69. The molecule has 0 aliphatic heterocycles. The van der Waals surface area contributed by atoms with E-state index >= 15 is 0 Å². The molecule has 1 unspecified atom stereocenters. The van der Waals surface area contributed by atoms with Crippen molar-refractivity contribution in [3.05, 3.63) is 0 Å². The van der Waals surface area contributed by atoms with Gasteiger partial charge in [0.2, 0.25) is 0 Å². The van der Waals surface area contributed by atoms with Gasteiger partial charge in [-0.25, -0.2) is 0 Å². The van der Waals surface area contributed by atoms with Gasteiger partial charge in [0.05, 0.1) is 0 Å². The summed E-state index contributed by atoms with van der Waals surface area (Å²) in [4.78, 5) is 0. The average molecular weight is 158 g/mol. The van der Waals surface area contributed by atoms with Crippen molar-refractivity contribution in [1.29, 1.82) is 0 Å². The largest absolute Gasteiger partial charge is 0.385 e. The van der Waals surface area contributed by atoms with Crippen LogP contribution in [0.1, 0.15) is 40.0 Å². The minimum atomic E-state index is 0.830. The van der Waals surface area contributed by atoms with Gasteiger partial charge in [0, 0.05) is 13.7 Å². The molecule has 0 amide bonds. The van der Waals surface area contributed by atoms with Gasteiger partial charge in [-0.2, -0.15) is 0 Å². The van der Waals surface area contributed by atoms with Crippen molar-refractivity contribution >= 4 is 0 Å². The first-order valence-electron chi connectivity index (χ1n) is 4.69. The number of hydrogen-bond acceptors (Lipinski definition) is 1. The van der Waals surface area contributed by atoms with Gasteiger partial charge >= 0.3 is 0 Å². The van der Waals surface area contributed by atoms with E-state index in [1.807, 2.05) is 0 Å². The highest BCUT2D eigenvalue weighted by Gasteiger charge is 2.07. The molecule has 0 N–H and O–H groups in total.